The highest BCUT2D eigenvalue weighted by molar-refractivity contribution is 6.35. The van der Waals surface area contributed by atoms with Gasteiger partial charge in [-0.1, -0.05) is 40.9 Å². The second-order valence-electron chi connectivity index (χ2n) is 5.78. The van der Waals surface area contributed by atoms with Gasteiger partial charge < -0.3 is 10.1 Å². The molecule has 0 aliphatic heterocycles. The van der Waals surface area contributed by atoms with Crippen molar-refractivity contribution < 1.29 is 14.3 Å². The fraction of sp³-hybridized carbons (Fsp3) is 0.105. The average molecular weight is 439 g/mol. The molecule has 0 bridgehead atoms. The molecule has 0 spiro atoms. The maximum absolute atomic E-state index is 12.4. The number of carbonyl (C=O) groups is 2. The Balaban J connectivity index is 1.72. The Bertz CT molecular complexity index is 1030. The first-order chi connectivity index (χ1) is 13.4. The summed E-state index contributed by atoms with van der Waals surface area (Å²) in [6.07, 6.45) is 1.59. The van der Waals surface area contributed by atoms with Crippen molar-refractivity contribution in [1.29, 1.82) is 0 Å². The topological polar surface area (TPSA) is 73.2 Å². The fourth-order valence-corrected chi connectivity index (χ4v) is 3.11. The fourth-order valence-electron chi connectivity index (χ4n) is 2.44. The van der Waals surface area contributed by atoms with Gasteiger partial charge in [0.15, 0.2) is 5.82 Å². The lowest BCUT2D eigenvalue weighted by Gasteiger charge is -2.06. The minimum absolute atomic E-state index is 0.216. The van der Waals surface area contributed by atoms with Crippen molar-refractivity contribution in [2.75, 3.05) is 12.4 Å². The van der Waals surface area contributed by atoms with E-state index in [1.54, 1.807) is 29.1 Å². The third kappa shape index (κ3) is 4.65. The molecule has 9 heteroatoms. The molecule has 1 amide bonds. The molecule has 1 aromatic heterocycles. The molecule has 0 aliphatic carbocycles. The van der Waals surface area contributed by atoms with E-state index in [-0.39, 0.29) is 10.8 Å². The van der Waals surface area contributed by atoms with E-state index in [1.165, 1.54) is 31.4 Å². The molecule has 0 aliphatic rings. The van der Waals surface area contributed by atoms with Crippen LogP contribution in [0.25, 0.3) is 0 Å². The van der Waals surface area contributed by atoms with Gasteiger partial charge in [0.25, 0.3) is 5.91 Å². The van der Waals surface area contributed by atoms with Gasteiger partial charge in [0.2, 0.25) is 0 Å². The molecule has 6 nitrogen and oxygen atoms in total. The standard InChI is InChI=1S/C19H14Cl3N3O3/c1-28-19(27)12-4-2-11(3-5-12)18(26)23-17-16(22)10-25(24-17)9-13-6-7-14(20)8-15(13)21/h2-8,10H,9H2,1H3,(H,23,24,26). The number of esters is 1. The summed E-state index contributed by atoms with van der Waals surface area (Å²) in [6.45, 7) is 0.361. The monoisotopic (exact) mass is 437 g/mol. The molecule has 0 saturated carbocycles. The number of benzene rings is 2. The van der Waals surface area contributed by atoms with Crippen LogP contribution < -0.4 is 5.32 Å². The normalized spacial score (nSPS) is 10.6. The zero-order chi connectivity index (χ0) is 20.3. The third-order valence-electron chi connectivity index (χ3n) is 3.86. The number of rotatable bonds is 5. The van der Waals surface area contributed by atoms with Gasteiger partial charge in [-0.25, -0.2) is 4.79 Å². The number of ether oxygens (including phenoxy) is 1. The Morgan fingerprint density at radius 2 is 1.71 bits per heavy atom. The molecule has 1 heterocycles. The van der Waals surface area contributed by atoms with Crippen molar-refractivity contribution in [3.63, 3.8) is 0 Å². The van der Waals surface area contributed by atoms with Crippen molar-refractivity contribution in [1.82, 2.24) is 9.78 Å². The summed E-state index contributed by atoms with van der Waals surface area (Å²) in [5, 5.41) is 8.26. The summed E-state index contributed by atoms with van der Waals surface area (Å²) >= 11 is 18.3. The molecule has 0 radical (unpaired) electrons. The number of methoxy groups -OCH3 is 1. The molecule has 0 atom stereocenters. The molecule has 1 N–H and O–H groups in total. The smallest absolute Gasteiger partial charge is 0.337 e. The quantitative estimate of drug-likeness (QED) is 0.573. The summed E-state index contributed by atoms with van der Waals surface area (Å²) in [5.41, 5.74) is 1.50. The lowest BCUT2D eigenvalue weighted by atomic mass is 10.1. The Morgan fingerprint density at radius 3 is 2.36 bits per heavy atom. The van der Waals surface area contributed by atoms with Gasteiger partial charge in [0.1, 0.15) is 5.02 Å². The van der Waals surface area contributed by atoms with Crippen LogP contribution in [0.1, 0.15) is 26.3 Å². The summed E-state index contributed by atoms with van der Waals surface area (Å²) < 4.78 is 6.19. The van der Waals surface area contributed by atoms with E-state index in [4.69, 9.17) is 34.8 Å². The summed E-state index contributed by atoms with van der Waals surface area (Å²) in [5.74, 6) is -0.670. The zero-order valence-corrected chi connectivity index (χ0v) is 16.8. The molecule has 3 rings (SSSR count). The Kier molecular flexibility index (Phi) is 6.24. The molecular weight excluding hydrogens is 425 g/mol. The molecule has 0 unspecified atom stereocenters. The van der Waals surface area contributed by atoms with E-state index in [1.807, 2.05) is 0 Å². The Labute approximate surface area is 176 Å². The summed E-state index contributed by atoms with van der Waals surface area (Å²) in [7, 11) is 1.29. The van der Waals surface area contributed by atoms with Crippen molar-refractivity contribution in [3.8, 4) is 0 Å². The van der Waals surface area contributed by atoms with E-state index >= 15 is 0 Å². The van der Waals surface area contributed by atoms with Crippen LogP contribution in [0.3, 0.4) is 0 Å². The SMILES string of the molecule is COC(=O)c1ccc(C(=O)Nc2nn(Cc3ccc(Cl)cc3Cl)cc2Cl)cc1. The van der Waals surface area contributed by atoms with Crippen LogP contribution in [0.5, 0.6) is 0 Å². The van der Waals surface area contributed by atoms with Gasteiger partial charge in [-0.15, -0.1) is 0 Å². The van der Waals surface area contributed by atoms with Crippen LogP contribution in [0, 0.1) is 0 Å². The maximum Gasteiger partial charge on any atom is 0.337 e. The van der Waals surface area contributed by atoms with E-state index in [0.717, 1.165) is 5.56 Å². The van der Waals surface area contributed by atoms with Crippen molar-refractivity contribution in [3.05, 3.63) is 80.4 Å². The number of hydrogen-bond acceptors (Lipinski definition) is 4. The highest BCUT2D eigenvalue weighted by Crippen LogP contribution is 2.24. The van der Waals surface area contributed by atoms with Crippen LogP contribution in [-0.4, -0.2) is 28.8 Å². The Morgan fingerprint density at radius 1 is 1.04 bits per heavy atom. The van der Waals surface area contributed by atoms with Gasteiger partial charge in [0, 0.05) is 21.8 Å². The molecule has 144 valence electrons. The predicted molar refractivity (Wildman–Crippen MR) is 109 cm³/mol. The number of halogens is 3. The molecule has 0 saturated heterocycles. The third-order valence-corrected chi connectivity index (χ3v) is 4.73. The zero-order valence-electron chi connectivity index (χ0n) is 14.6. The average Bonchev–Trinajstić information content (AvgIpc) is 3.02. The van der Waals surface area contributed by atoms with Crippen LogP contribution in [0.2, 0.25) is 15.1 Å². The number of hydrogen-bond donors (Lipinski definition) is 1. The molecular formula is C19H14Cl3N3O3. The number of anilines is 1. The van der Waals surface area contributed by atoms with E-state index in [2.05, 4.69) is 15.2 Å². The molecule has 0 fully saturated rings. The minimum atomic E-state index is -0.477. The second-order valence-corrected chi connectivity index (χ2v) is 7.03. The van der Waals surface area contributed by atoms with Crippen molar-refractivity contribution >= 4 is 52.5 Å². The number of amides is 1. The first-order valence-corrected chi connectivity index (χ1v) is 9.17. The number of nitrogens with one attached hydrogen (secondary N) is 1. The number of nitrogens with zero attached hydrogens (tertiary/aromatic N) is 2. The Hall–Kier alpha value is -2.54. The largest absolute Gasteiger partial charge is 0.465 e. The van der Waals surface area contributed by atoms with Gasteiger partial charge in [-0.2, -0.15) is 5.10 Å². The van der Waals surface area contributed by atoms with E-state index < -0.39 is 11.9 Å². The molecule has 28 heavy (non-hydrogen) atoms. The van der Waals surface area contributed by atoms with E-state index in [0.29, 0.717) is 27.7 Å². The highest BCUT2D eigenvalue weighted by Gasteiger charge is 2.14. The van der Waals surface area contributed by atoms with Gasteiger partial charge in [-0.05, 0) is 42.0 Å². The van der Waals surface area contributed by atoms with Crippen LogP contribution in [0.15, 0.2) is 48.7 Å². The van der Waals surface area contributed by atoms with Crippen LogP contribution >= 0.6 is 34.8 Å². The van der Waals surface area contributed by atoms with Gasteiger partial charge in [0.05, 0.1) is 19.2 Å². The first kappa shape index (κ1) is 20.2. The van der Waals surface area contributed by atoms with Crippen LogP contribution in [-0.2, 0) is 11.3 Å². The van der Waals surface area contributed by atoms with Crippen molar-refractivity contribution in [2.24, 2.45) is 0 Å². The highest BCUT2D eigenvalue weighted by atomic mass is 35.5. The van der Waals surface area contributed by atoms with Gasteiger partial charge in [-0.3, -0.25) is 9.48 Å². The maximum atomic E-state index is 12.4. The number of aromatic nitrogens is 2. The summed E-state index contributed by atoms with van der Waals surface area (Å²) in [6, 6.07) is 11.2. The second kappa shape index (κ2) is 8.65. The van der Waals surface area contributed by atoms with Gasteiger partial charge >= 0.3 is 5.97 Å². The first-order valence-electron chi connectivity index (χ1n) is 8.04. The molecule has 3 aromatic rings. The number of carbonyl (C=O) groups excluding carboxylic acids is 2. The molecule has 2 aromatic carbocycles. The predicted octanol–water partition coefficient (Wildman–Crippen LogP) is 4.93. The lowest BCUT2D eigenvalue weighted by Crippen LogP contribution is -2.13. The lowest BCUT2D eigenvalue weighted by molar-refractivity contribution is 0.0600. The van der Waals surface area contributed by atoms with Crippen molar-refractivity contribution in [2.45, 2.75) is 6.54 Å². The van der Waals surface area contributed by atoms with E-state index in [9.17, 15) is 9.59 Å². The summed E-state index contributed by atoms with van der Waals surface area (Å²) in [4.78, 5) is 23.9. The van der Waals surface area contributed by atoms with Crippen LogP contribution in [0.4, 0.5) is 5.82 Å². The minimum Gasteiger partial charge on any atom is -0.465 e.